The molecule has 1 aromatic carbocycles. The first kappa shape index (κ1) is 15.9. The van der Waals surface area contributed by atoms with E-state index in [4.69, 9.17) is 0 Å². The Morgan fingerprint density at radius 1 is 1.36 bits per heavy atom. The zero-order valence-electron chi connectivity index (χ0n) is 13.8. The van der Waals surface area contributed by atoms with Crippen LogP contribution in [-0.4, -0.2) is 53.4 Å². The summed E-state index contributed by atoms with van der Waals surface area (Å²) in [6, 6.07) is 3.76. The number of amides is 5. The normalized spacial score (nSPS) is 25.7. The van der Waals surface area contributed by atoms with Gasteiger partial charge in [0.2, 0.25) is 0 Å². The Balaban J connectivity index is 1.45. The lowest BCUT2D eigenvalue weighted by Crippen LogP contribution is -2.50. The summed E-state index contributed by atoms with van der Waals surface area (Å²) in [4.78, 5) is 39.0. The van der Waals surface area contributed by atoms with Crippen LogP contribution in [0.25, 0.3) is 0 Å². The molecule has 0 aromatic heterocycles. The van der Waals surface area contributed by atoms with Gasteiger partial charge in [0.15, 0.2) is 0 Å². The Kier molecular flexibility index (Phi) is 3.45. The molecule has 8 heteroatoms. The summed E-state index contributed by atoms with van der Waals surface area (Å²) in [5, 5.41) is 5.44. The molecular formula is C17H19FN4O3. The minimum Gasteiger partial charge on any atom is -0.322 e. The molecule has 25 heavy (non-hydrogen) atoms. The van der Waals surface area contributed by atoms with E-state index in [2.05, 4.69) is 10.6 Å². The smallest absolute Gasteiger partial charge is 0.322 e. The molecule has 0 unspecified atom stereocenters. The lowest BCUT2D eigenvalue weighted by molar-refractivity contribution is -0.129. The lowest BCUT2D eigenvalue weighted by atomic mass is 9.99. The minimum atomic E-state index is -1.02. The van der Waals surface area contributed by atoms with Crippen molar-refractivity contribution in [3.8, 4) is 0 Å². The maximum Gasteiger partial charge on any atom is 0.324 e. The summed E-state index contributed by atoms with van der Waals surface area (Å²) < 4.78 is 13.8. The number of nitrogens with zero attached hydrogens (tertiary/aromatic N) is 2. The van der Waals surface area contributed by atoms with Gasteiger partial charge in [-0.05, 0) is 48.9 Å². The van der Waals surface area contributed by atoms with Crippen molar-refractivity contribution in [2.45, 2.75) is 30.7 Å². The number of nitrogens with one attached hydrogen (secondary N) is 2. The molecule has 1 aliphatic carbocycles. The highest BCUT2D eigenvalue weighted by atomic mass is 19.1. The monoisotopic (exact) mass is 346 g/mol. The van der Waals surface area contributed by atoms with Crippen LogP contribution in [0.15, 0.2) is 18.2 Å². The zero-order chi connectivity index (χ0) is 17.8. The second kappa shape index (κ2) is 5.44. The van der Waals surface area contributed by atoms with Gasteiger partial charge in [-0.15, -0.1) is 0 Å². The molecular weight excluding hydrogens is 327 g/mol. The number of rotatable bonds is 2. The number of urea groups is 2. The molecule has 2 N–H and O–H groups in total. The van der Waals surface area contributed by atoms with Crippen LogP contribution < -0.4 is 10.6 Å². The molecule has 1 spiro atoms. The molecule has 7 nitrogen and oxygen atoms in total. The van der Waals surface area contributed by atoms with Crippen molar-refractivity contribution >= 4 is 23.7 Å². The van der Waals surface area contributed by atoms with Gasteiger partial charge in [-0.2, -0.15) is 0 Å². The van der Waals surface area contributed by atoms with Crippen LogP contribution in [0.4, 0.5) is 19.7 Å². The van der Waals surface area contributed by atoms with Gasteiger partial charge in [-0.3, -0.25) is 9.69 Å². The molecule has 132 valence electrons. The van der Waals surface area contributed by atoms with Crippen LogP contribution in [0.2, 0.25) is 0 Å². The maximum atomic E-state index is 13.8. The van der Waals surface area contributed by atoms with E-state index in [1.165, 1.54) is 24.1 Å². The SMILES string of the molecule is CN1C(=O)N[C@]2(CCN(C(=O)Nc3ccc(F)c(C4CC4)c3)C2)C1=O. The Hall–Kier alpha value is -2.64. The highest BCUT2D eigenvalue weighted by Crippen LogP contribution is 2.42. The third-order valence-corrected chi connectivity index (χ3v) is 5.19. The third-order valence-electron chi connectivity index (χ3n) is 5.19. The largest absolute Gasteiger partial charge is 0.324 e. The van der Waals surface area contributed by atoms with Gasteiger partial charge in [0.25, 0.3) is 5.91 Å². The van der Waals surface area contributed by atoms with E-state index < -0.39 is 11.6 Å². The van der Waals surface area contributed by atoms with Gasteiger partial charge in [-0.1, -0.05) is 0 Å². The topological polar surface area (TPSA) is 81.8 Å². The molecule has 2 heterocycles. The number of hydrogen-bond donors (Lipinski definition) is 2. The number of halogens is 1. The van der Waals surface area contributed by atoms with Crippen LogP contribution >= 0.6 is 0 Å². The Labute approximate surface area is 144 Å². The van der Waals surface area contributed by atoms with E-state index in [-0.39, 0.29) is 30.2 Å². The van der Waals surface area contributed by atoms with Crippen molar-refractivity contribution in [1.82, 2.24) is 15.1 Å². The fourth-order valence-corrected chi connectivity index (χ4v) is 3.55. The quantitative estimate of drug-likeness (QED) is 0.802. The van der Waals surface area contributed by atoms with E-state index in [1.54, 1.807) is 6.07 Å². The van der Waals surface area contributed by atoms with Gasteiger partial charge < -0.3 is 15.5 Å². The van der Waals surface area contributed by atoms with Gasteiger partial charge >= 0.3 is 12.1 Å². The zero-order valence-corrected chi connectivity index (χ0v) is 13.8. The molecule has 0 bridgehead atoms. The first-order chi connectivity index (χ1) is 11.9. The van der Waals surface area contributed by atoms with E-state index >= 15 is 0 Å². The van der Waals surface area contributed by atoms with E-state index in [0.29, 0.717) is 24.2 Å². The number of hydrogen-bond acceptors (Lipinski definition) is 3. The summed E-state index contributed by atoms with van der Waals surface area (Å²) in [5.41, 5.74) is 0.147. The summed E-state index contributed by atoms with van der Waals surface area (Å²) in [6.07, 6.45) is 2.32. The number of likely N-dealkylation sites (N-methyl/N-ethyl adjacent to an activating group) is 1. The van der Waals surface area contributed by atoms with Crippen molar-refractivity contribution in [3.63, 3.8) is 0 Å². The molecule has 3 fully saturated rings. The molecule has 1 aromatic rings. The first-order valence-corrected chi connectivity index (χ1v) is 8.35. The Morgan fingerprint density at radius 2 is 2.12 bits per heavy atom. The third kappa shape index (κ3) is 2.61. The molecule has 5 amide bonds. The van der Waals surface area contributed by atoms with Gasteiger partial charge in [0.05, 0.1) is 6.54 Å². The van der Waals surface area contributed by atoms with Crippen molar-refractivity contribution < 1.29 is 18.8 Å². The lowest BCUT2D eigenvalue weighted by Gasteiger charge is -2.22. The molecule has 3 aliphatic rings. The summed E-state index contributed by atoms with van der Waals surface area (Å²) in [5.74, 6) is -0.317. The van der Waals surface area contributed by atoms with Crippen molar-refractivity contribution in [2.75, 3.05) is 25.5 Å². The maximum absolute atomic E-state index is 13.8. The van der Waals surface area contributed by atoms with Gasteiger partial charge in [-0.25, -0.2) is 14.0 Å². The molecule has 2 aliphatic heterocycles. The highest BCUT2D eigenvalue weighted by molar-refractivity contribution is 6.07. The standard InChI is InChI=1S/C17H19FN4O3/c1-21-14(23)17(20-16(21)25)6-7-22(9-17)15(24)19-11-4-5-13(18)12(8-11)10-2-3-10/h4-5,8,10H,2-3,6-7,9H2,1H3,(H,19,24)(H,20,25)/t17-/m0/s1. The fourth-order valence-electron chi connectivity index (χ4n) is 3.55. The Bertz CT molecular complexity index is 779. The van der Waals surface area contributed by atoms with E-state index in [9.17, 15) is 18.8 Å². The van der Waals surface area contributed by atoms with Crippen LogP contribution in [0.5, 0.6) is 0 Å². The number of likely N-dealkylation sites (tertiary alicyclic amines) is 1. The fraction of sp³-hybridized carbons (Fsp3) is 0.471. The Morgan fingerprint density at radius 3 is 2.76 bits per heavy atom. The van der Waals surface area contributed by atoms with Gasteiger partial charge in [0.1, 0.15) is 11.4 Å². The van der Waals surface area contributed by atoms with E-state index in [1.807, 2.05) is 0 Å². The number of carbonyl (C=O) groups excluding carboxylic acids is 3. The second-order valence-corrected chi connectivity index (χ2v) is 6.99. The molecule has 2 saturated heterocycles. The number of imide groups is 1. The number of benzene rings is 1. The average Bonchev–Trinajstić information content (AvgIpc) is 3.31. The number of anilines is 1. The van der Waals surface area contributed by atoms with Crippen molar-refractivity contribution in [1.29, 1.82) is 0 Å². The highest BCUT2D eigenvalue weighted by Gasteiger charge is 2.54. The van der Waals surface area contributed by atoms with Crippen LogP contribution in [-0.2, 0) is 4.79 Å². The average molecular weight is 346 g/mol. The first-order valence-electron chi connectivity index (χ1n) is 8.35. The predicted molar refractivity (Wildman–Crippen MR) is 87.6 cm³/mol. The minimum absolute atomic E-state index is 0.129. The predicted octanol–water partition coefficient (Wildman–Crippen LogP) is 1.86. The second-order valence-electron chi connectivity index (χ2n) is 6.99. The number of carbonyl (C=O) groups is 3. The molecule has 0 radical (unpaired) electrons. The van der Waals surface area contributed by atoms with Gasteiger partial charge in [0, 0.05) is 19.3 Å². The molecule has 1 saturated carbocycles. The summed E-state index contributed by atoms with van der Waals surface area (Å²) >= 11 is 0. The van der Waals surface area contributed by atoms with Crippen LogP contribution in [0.3, 0.4) is 0 Å². The molecule has 1 atom stereocenters. The molecule has 4 rings (SSSR count). The van der Waals surface area contributed by atoms with Crippen LogP contribution in [0, 0.1) is 5.82 Å². The van der Waals surface area contributed by atoms with Crippen LogP contribution in [0.1, 0.15) is 30.7 Å². The van der Waals surface area contributed by atoms with Crippen molar-refractivity contribution in [3.05, 3.63) is 29.6 Å². The summed E-state index contributed by atoms with van der Waals surface area (Å²) in [6.45, 7) is 0.493. The van der Waals surface area contributed by atoms with E-state index in [0.717, 1.165) is 17.7 Å². The van der Waals surface area contributed by atoms with Crippen molar-refractivity contribution in [2.24, 2.45) is 0 Å². The summed E-state index contributed by atoms with van der Waals surface area (Å²) in [7, 11) is 1.42.